The molecule has 10 nitrogen and oxygen atoms in total. The number of fused-ring (bicyclic) bond motifs is 2. The van der Waals surface area contributed by atoms with Crippen molar-refractivity contribution in [1.82, 2.24) is 18.8 Å². The Hall–Kier alpha value is -2.76. The van der Waals surface area contributed by atoms with E-state index in [1.54, 1.807) is 13.2 Å². The summed E-state index contributed by atoms with van der Waals surface area (Å²) in [6.07, 6.45) is 2.34. The van der Waals surface area contributed by atoms with E-state index >= 15 is 0 Å². The van der Waals surface area contributed by atoms with Crippen molar-refractivity contribution in [3.8, 4) is 0 Å². The zero-order valence-corrected chi connectivity index (χ0v) is 17.3. The van der Waals surface area contributed by atoms with Gasteiger partial charge in [0.05, 0.1) is 35.9 Å². The van der Waals surface area contributed by atoms with Gasteiger partial charge >= 0.3 is 5.76 Å². The highest BCUT2D eigenvalue weighted by atomic mass is 32.2. The van der Waals surface area contributed by atoms with E-state index in [1.807, 2.05) is 4.90 Å². The normalized spacial score (nSPS) is 18.0. The first-order chi connectivity index (χ1) is 14.4. The lowest BCUT2D eigenvalue weighted by molar-refractivity contribution is 0.122. The van der Waals surface area contributed by atoms with Crippen molar-refractivity contribution in [3.63, 3.8) is 0 Å². The molecule has 158 valence electrons. The second-order valence-electron chi connectivity index (χ2n) is 7.39. The lowest BCUT2D eigenvalue weighted by atomic mass is 10.1. The van der Waals surface area contributed by atoms with Crippen LogP contribution in [0.2, 0.25) is 0 Å². The number of sulfonamides is 1. The molecule has 2 aliphatic heterocycles. The zero-order chi connectivity index (χ0) is 20.9. The van der Waals surface area contributed by atoms with Crippen LogP contribution in [0, 0.1) is 0 Å². The van der Waals surface area contributed by atoms with Gasteiger partial charge in [-0.25, -0.2) is 23.2 Å². The number of nitrogens with zero attached hydrogens (tertiary/aromatic N) is 5. The van der Waals surface area contributed by atoms with Gasteiger partial charge in [0.2, 0.25) is 16.0 Å². The number of rotatable bonds is 3. The number of morpholine rings is 1. The smallest absolute Gasteiger partial charge is 0.408 e. The van der Waals surface area contributed by atoms with Gasteiger partial charge in [-0.2, -0.15) is 4.31 Å². The predicted octanol–water partition coefficient (Wildman–Crippen LogP) is 0.505. The van der Waals surface area contributed by atoms with Gasteiger partial charge in [0.15, 0.2) is 5.58 Å². The number of benzene rings is 1. The maximum Gasteiger partial charge on any atom is 0.419 e. The molecule has 4 heterocycles. The molecule has 5 rings (SSSR count). The summed E-state index contributed by atoms with van der Waals surface area (Å²) in [5.41, 5.74) is 2.48. The molecule has 0 saturated carbocycles. The van der Waals surface area contributed by atoms with Crippen LogP contribution in [0.4, 0.5) is 5.95 Å². The minimum atomic E-state index is -3.76. The first kappa shape index (κ1) is 19.2. The fraction of sp³-hybridized carbons (Fsp3) is 0.421. The highest BCUT2D eigenvalue weighted by Gasteiger charge is 2.30. The Morgan fingerprint density at radius 3 is 2.73 bits per heavy atom. The Balaban J connectivity index is 1.45. The molecule has 1 fully saturated rings. The molecular formula is C19H21N5O5S. The summed E-state index contributed by atoms with van der Waals surface area (Å²) < 4.78 is 39.8. The third-order valence-corrected chi connectivity index (χ3v) is 7.43. The predicted molar refractivity (Wildman–Crippen MR) is 108 cm³/mol. The van der Waals surface area contributed by atoms with E-state index in [-0.39, 0.29) is 11.4 Å². The monoisotopic (exact) mass is 431 g/mol. The van der Waals surface area contributed by atoms with Crippen LogP contribution in [0.1, 0.15) is 11.3 Å². The lowest BCUT2D eigenvalue weighted by Crippen LogP contribution is -2.39. The van der Waals surface area contributed by atoms with Crippen LogP contribution >= 0.6 is 0 Å². The Morgan fingerprint density at radius 1 is 1.13 bits per heavy atom. The molecule has 3 aromatic rings. The number of aryl methyl sites for hydroxylation is 1. The summed E-state index contributed by atoms with van der Waals surface area (Å²) in [6.45, 7) is 3.20. The van der Waals surface area contributed by atoms with E-state index in [2.05, 4.69) is 9.97 Å². The van der Waals surface area contributed by atoms with Crippen LogP contribution in [-0.2, 0) is 34.8 Å². The Kier molecular flexibility index (Phi) is 4.60. The Labute approximate surface area is 172 Å². The van der Waals surface area contributed by atoms with Crippen LogP contribution in [0.25, 0.3) is 11.1 Å². The maximum atomic E-state index is 13.3. The minimum Gasteiger partial charge on any atom is -0.408 e. The third-order valence-electron chi connectivity index (χ3n) is 5.59. The SMILES string of the molecule is Cn1c(=O)oc2ccc(S(=O)(=O)N3CCc4cnc(N5CCOCC5)nc4C3)cc21. The van der Waals surface area contributed by atoms with Crippen molar-refractivity contribution < 1.29 is 17.6 Å². The van der Waals surface area contributed by atoms with Gasteiger partial charge in [-0.1, -0.05) is 0 Å². The second-order valence-corrected chi connectivity index (χ2v) is 9.32. The van der Waals surface area contributed by atoms with Crippen molar-refractivity contribution in [1.29, 1.82) is 0 Å². The highest BCUT2D eigenvalue weighted by molar-refractivity contribution is 7.89. The number of ether oxygens (including phenoxy) is 1. The molecule has 30 heavy (non-hydrogen) atoms. The molecule has 0 N–H and O–H groups in total. The van der Waals surface area contributed by atoms with Crippen molar-refractivity contribution >= 4 is 27.1 Å². The van der Waals surface area contributed by atoms with Gasteiger partial charge in [0.25, 0.3) is 0 Å². The molecule has 0 amide bonds. The molecular weight excluding hydrogens is 410 g/mol. The van der Waals surface area contributed by atoms with E-state index in [4.69, 9.17) is 9.15 Å². The number of aromatic nitrogens is 3. The first-order valence-corrected chi connectivity index (χ1v) is 11.1. The second kappa shape index (κ2) is 7.18. The zero-order valence-electron chi connectivity index (χ0n) is 16.4. The maximum absolute atomic E-state index is 13.3. The summed E-state index contributed by atoms with van der Waals surface area (Å²) in [4.78, 5) is 23.0. The third kappa shape index (κ3) is 3.18. The summed E-state index contributed by atoms with van der Waals surface area (Å²) in [5.74, 6) is 0.0740. The van der Waals surface area contributed by atoms with Crippen molar-refractivity contribution in [2.45, 2.75) is 17.9 Å². The number of hydrogen-bond donors (Lipinski definition) is 0. The van der Waals surface area contributed by atoms with E-state index in [9.17, 15) is 13.2 Å². The average Bonchev–Trinajstić information content (AvgIpc) is 3.06. The molecule has 0 unspecified atom stereocenters. The molecule has 2 aromatic heterocycles. The molecule has 0 atom stereocenters. The number of oxazole rings is 1. The van der Waals surface area contributed by atoms with Crippen LogP contribution in [0.5, 0.6) is 0 Å². The first-order valence-electron chi connectivity index (χ1n) is 9.71. The summed E-state index contributed by atoms with van der Waals surface area (Å²) >= 11 is 0. The largest absolute Gasteiger partial charge is 0.419 e. The average molecular weight is 431 g/mol. The van der Waals surface area contributed by atoms with E-state index in [1.165, 1.54) is 27.1 Å². The van der Waals surface area contributed by atoms with E-state index in [0.29, 0.717) is 56.3 Å². The Morgan fingerprint density at radius 2 is 1.93 bits per heavy atom. The molecule has 0 radical (unpaired) electrons. The summed E-state index contributed by atoms with van der Waals surface area (Å²) in [6, 6.07) is 4.46. The molecule has 0 spiro atoms. The summed E-state index contributed by atoms with van der Waals surface area (Å²) in [7, 11) is -2.21. The molecule has 0 bridgehead atoms. The van der Waals surface area contributed by atoms with E-state index in [0.717, 1.165) is 11.3 Å². The van der Waals surface area contributed by atoms with Crippen LogP contribution < -0.4 is 10.7 Å². The highest BCUT2D eigenvalue weighted by Crippen LogP contribution is 2.27. The van der Waals surface area contributed by atoms with Crippen molar-refractivity contribution in [2.75, 3.05) is 37.7 Å². The van der Waals surface area contributed by atoms with Crippen molar-refractivity contribution in [3.05, 3.63) is 46.2 Å². The van der Waals surface area contributed by atoms with Gasteiger partial charge in [0, 0.05) is 32.9 Å². The molecule has 11 heteroatoms. The molecule has 1 saturated heterocycles. The lowest BCUT2D eigenvalue weighted by Gasteiger charge is -2.30. The fourth-order valence-electron chi connectivity index (χ4n) is 3.81. The van der Waals surface area contributed by atoms with Crippen LogP contribution in [-0.4, -0.2) is 60.1 Å². The Bertz CT molecular complexity index is 1280. The molecule has 1 aromatic carbocycles. The summed E-state index contributed by atoms with van der Waals surface area (Å²) in [5, 5.41) is 0. The van der Waals surface area contributed by atoms with Crippen LogP contribution in [0.15, 0.2) is 38.5 Å². The fourth-order valence-corrected chi connectivity index (χ4v) is 5.23. The van der Waals surface area contributed by atoms with Gasteiger partial charge in [-0.05, 0) is 30.2 Å². The van der Waals surface area contributed by atoms with Gasteiger partial charge in [-0.15, -0.1) is 0 Å². The van der Waals surface area contributed by atoms with Gasteiger partial charge in [0.1, 0.15) is 0 Å². The number of hydrogen-bond acceptors (Lipinski definition) is 8. The topological polar surface area (TPSA) is 111 Å². The van der Waals surface area contributed by atoms with Gasteiger partial charge < -0.3 is 14.1 Å². The minimum absolute atomic E-state index is 0.123. The molecule has 0 aliphatic carbocycles. The van der Waals surface area contributed by atoms with Gasteiger partial charge in [-0.3, -0.25) is 4.57 Å². The quantitative estimate of drug-likeness (QED) is 0.590. The van der Waals surface area contributed by atoms with Crippen LogP contribution in [0.3, 0.4) is 0 Å². The standard InChI is InChI=1S/C19H21N5O5S/c1-22-16-10-14(2-3-17(16)29-19(22)25)30(26,27)24-5-4-13-11-20-18(21-15(13)12-24)23-6-8-28-9-7-23/h2-3,10-11H,4-9,12H2,1H3. The molecule has 2 aliphatic rings. The number of anilines is 1. The van der Waals surface area contributed by atoms with E-state index < -0.39 is 15.8 Å². The van der Waals surface area contributed by atoms with Crippen molar-refractivity contribution in [2.24, 2.45) is 7.05 Å².